The SMILES string of the molecule is CC1CNCC1Cc1nn[nH]n1. The molecule has 0 radical (unpaired) electrons. The second-order valence-electron chi connectivity index (χ2n) is 3.43. The Bertz CT molecular complexity index is 232. The van der Waals surface area contributed by atoms with E-state index in [2.05, 4.69) is 32.9 Å². The molecular formula is C7H13N5. The summed E-state index contributed by atoms with van der Waals surface area (Å²) in [5, 5.41) is 17.2. The highest BCUT2D eigenvalue weighted by Crippen LogP contribution is 2.18. The number of nitrogens with zero attached hydrogens (tertiary/aromatic N) is 3. The third-order valence-corrected chi connectivity index (χ3v) is 2.51. The van der Waals surface area contributed by atoms with Gasteiger partial charge in [0.2, 0.25) is 0 Å². The van der Waals surface area contributed by atoms with E-state index in [0.29, 0.717) is 5.92 Å². The number of aromatic nitrogens is 4. The minimum Gasteiger partial charge on any atom is -0.316 e. The molecule has 1 aromatic heterocycles. The average Bonchev–Trinajstić information content (AvgIpc) is 2.65. The first kappa shape index (κ1) is 7.67. The molecule has 0 spiro atoms. The number of H-pyrrole nitrogens is 1. The lowest BCUT2D eigenvalue weighted by Gasteiger charge is -2.10. The molecule has 5 nitrogen and oxygen atoms in total. The van der Waals surface area contributed by atoms with Crippen molar-refractivity contribution in [2.45, 2.75) is 13.3 Å². The Morgan fingerprint density at radius 1 is 1.50 bits per heavy atom. The molecule has 2 rings (SSSR count). The van der Waals surface area contributed by atoms with Crippen LogP contribution in [0.3, 0.4) is 0 Å². The molecule has 5 heteroatoms. The maximum absolute atomic E-state index is 3.94. The zero-order valence-corrected chi connectivity index (χ0v) is 7.12. The zero-order chi connectivity index (χ0) is 8.39. The van der Waals surface area contributed by atoms with E-state index >= 15 is 0 Å². The molecule has 66 valence electrons. The van der Waals surface area contributed by atoms with E-state index in [9.17, 15) is 0 Å². The highest BCUT2D eigenvalue weighted by Gasteiger charge is 2.24. The lowest BCUT2D eigenvalue weighted by atomic mass is 9.95. The Morgan fingerprint density at radius 3 is 3.00 bits per heavy atom. The molecular weight excluding hydrogens is 154 g/mol. The van der Waals surface area contributed by atoms with Gasteiger partial charge in [0.05, 0.1) is 0 Å². The summed E-state index contributed by atoms with van der Waals surface area (Å²) in [6.45, 7) is 4.45. The second kappa shape index (κ2) is 3.18. The fourth-order valence-electron chi connectivity index (χ4n) is 1.64. The van der Waals surface area contributed by atoms with Gasteiger partial charge in [0.15, 0.2) is 5.82 Å². The number of rotatable bonds is 2. The Hall–Kier alpha value is -0.970. The molecule has 1 fully saturated rings. The van der Waals surface area contributed by atoms with Crippen LogP contribution in [0.25, 0.3) is 0 Å². The van der Waals surface area contributed by atoms with E-state index in [1.54, 1.807) is 0 Å². The molecule has 0 aromatic carbocycles. The Morgan fingerprint density at radius 2 is 2.42 bits per heavy atom. The number of aromatic amines is 1. The fourth-order valence-corrected chi connectivity index (χ4v) is 1.64. The van der Waals surface area contributed by atoms with E-state index in [-0.39, 0.29) is 0 Å². The standard InChI is InChI=1S/C7H13N5/c1-5-3-8-4-6(5)2-7-9-11-12-10-7/h5-6,8H,2-4H2,1H3,(H,9,10,11,12). The monoisotopic (exact) mass is 167 g/mol. The lowest BCUT2D eigenvalue weighted by Crippen LogP contribution is -2.13. The predicted molar refractivity (Wildman–Crippen MR) is 43.4 cm³/mol. The van der Waals surface area contributed by atoms with Gasteiger partial charge in [-0.05, 0) is 24.9 Å². The van der Waals surface area contributed by atoms with Crippen molar-refractivity contribution in [2.24, 2.45) is 11.8 Å². The average molecular weight is 167 g/mol. The highest BCUT2D eigenvalue weighted by molar-refractivity contribution is 4.87. The molecule has 0 aliphatic carbocycles. The van der Waals surface area contributed by atoms with E-state index in [1.807, 2.05) is 0 Å². The smallest absolute Gasteiger partial charge is 0.174 e. The summed E-state index contributed by atoms with van der Waals surface area (Å²) >= 11 is 0. The highest BCUT2D eigenvalue weighted by atomic mass is 15.5. The van der Waals surface area contributed by atoms with Crippen LogP contribution in [0.15, 0.2) is 0 Å². The van der Waals surface area contributed by atoms with Gasteiger partial charge in [-0.2, -0.15) is 5.21 Å². The normalized spacial score (nSPS) is 29.4. The molecule has 2 heterocycles. The third-order valence-electron chi connectivity index (χ3n) is 2.51. The van der Waals surface area contributed by atoms with Gasteiger partial charge in [-0.25, -0.2) is 0 Å². The van der Waals surface area contributed by atoms with Gasteiger partial charge in [-0.1, -0.05) is 12.1 Å². The van der Waals surface area contributed by atoms with Crippen LogP contribution in [0, 0.1) is 11.8 Å². The molecule has 1 aliphatic rings. The molecule has 0 amide bonds. The van der Waals surface area contributed by atoms with Crippen molar-refractivity contribution in [3.8, 4) is 0 Å². The van der Waals surface area contributed by atoms with E-state index in [1.165, 1.54) is 0 Å². The van der Waals surface area contributed by atoms with Crippen molar-refractivity contribution in [2.75, 3.05) is 13.1 Å². The number of hydrogen-bond donors (Lipinski definition) is 2. The van der Waals surface area contributed by atoms with Gasteiger partial charge in [0.1, 0.15) is 0 Å². The summed E-state index contributed by atoms with van der Waals surface area (Å²) in [6, 6.07) is 0. The van der Waals surface area contributed by atoms with Gasteiger partial charge in [-0.3, -0.25) is 0 Å². The maximum Gasteiger partial charge on any atom is 0.174 e. The van der Waals surface area contributed by atoms with Crippen LogP contribution in [0.4, 0.5) is 0 Å². The van der Waals surface area contributed by atoms with Crippen LogP contribution >= 0.6 is 0 Å². The van der Waals surface area contributed by atoms with Crippen molar-refractivity contribution in [3.63, 3.8) is 0 Å². The topological polar surface area (TPSA) is 66.5 Å². The zero-order valence-electron chi connectivity index (χ0n) is 7.12. The Kier molecular flexibility index (Phi) is 2.03. The van der Waals surface area contributed by atoms with Gasteiger partial charge in [0, 0.05) is 6.42 Å². The molecule has 0 bridgehead atoms. The minimum atomic E-state index is 0.669. The van der Waals surface area contributed by atoms with E-state index in [0.717, 1.165) is 31.3 Å². The van der Waals surface area contributed by atoms with Crippen molar-refractivity contribution in [1.29, 1.82) is 0 Å². The van der Waals surface area contributed by atoms with Gasteiger partial charge < -0.3 is 5.32 Å². The number of tetrazole rings is 1. The predicted octanol–water partition coefficient (Wildman–Crippen LogP) is -0.402. The summed E-state index contributed by atoms with van der Waals surface area (Å²) in [5.41, 5.74) is 0. The number of hydrogen-bond acceptors (Lipinski definition) is 4. The summed E-state index contributed by atoms with van der Waals surface area (Å²) in [4.78, 5) is 0. The lowest BCUT2D eigenvalue weighted by molar-refractivity contribution is 0.441. The minimum absolute atomic E-state index is 0.669. The van der Waals surface area contributed by atoms with Crippen molar-refractivity contribution in [3.05, 3.63) is 5.82 Å². The molecule has 1 aromatic rings. The second-order valence-corrected chi connectivity index (χ2v) is 3.43. The molecule has 2 atom stereocenters. The van der Waals surface area contributed by atoms with Gasteiger partial charge in [0.25, 0.3) is 0 Å². The Balaban J connectivity index is 1.95. The third kappa shape index (κ3) is 1.45. The quantitative estimate of drug-likeness (QED) is 0.629. The van der Waals surface area contributed by atoms with Crippen LogP contribution in [0.2, 0.25) is 0 Å². The summed E-state index contributed by atoms with van der Waals surface area (Å²) in [5.74, 6) is 2.22. The first-order valence-corrected chi connectivity index (χ1v) is 4.29. The summed E-state index contributed by atoms with van der Waals surface area (Å²) in [6.07, 6.45) is 0.935. The van der Waals surface area contributed by atoms with Crippen LogP contribution in [-0.4, -0.2) is 33.7 Å². The van der Waals surface area contributed by atoms with Crippen LogP contribution in [-0.2, 0) is 6.42 Å². The largest absolute Gasteiger partial charge is 0.316 e. The molecule has 1 saturated heterocycles. The summed E-state index contributed by atoms with van der Waals surface area (Å²) < 4.78 is 0. The first-order valence-electron chi connectivity index (χ1n) is 4.29. The number of nitrogens with one attached hydrogen (secondary N) is 2. The maximum atomic E-state index is 3.94. The van der Waals surface area contributed by atoms with Crippen molar-refractivity contribution < 1.29 is 0 Å². The van der Waals surface area contributed by atoms with Crippen LogP contribution in [0.5, 0.6) is 0 Å². The van der Waals surface area contributed by atoms with Crippen LogP contribution < -0.4 is 5.32 Å². The van der Waals surface area contributed by atoms with Gasteiger partial charge in [-0.15, -0.1) is 10.2 Å². The first-order chi connectivity index (χ1) is 5.86. The van der Waals surface area contributed by atoms with E-state index < -0.39 is 0 Å². The fraction of sp³-hybridized carbons (Fsp3) is 0.857. The van der Waals surface area contributed by atoms with Crippen molar-refractivity contribution >= 4 is 0 Å². The molecule has 0 saturated carbocycles. The molecule has 2 N–H and O–H groups in total. The summed E-state index contributed by atoms with van der Waals surface area (Å²) in [7, 11) is 0. The molecule has 12 heavy (non-hydrogen) atoms. The van der Waals surface area contributed by atoms with Gasteiger partial charge >= 0.3 is 0 Å². The van der Waals surface area contributed by atoms with Crippen molar-refractivity contribution in [1.82, 2.24) is 25.9 Å². The molecule has 1 aliphatic heterocycles. The van der Waals surface area contributed by atoms with Crippen LogP contribution in [0.1, 0.15) is 12.7 Å². The molecule has 2 unspecified atom stereocenters. The Labute approximate surface area is 70.9 Å². The van der Waals surface area contributed by atoms with E-state index in [4.69, 9.17) is 0 Å².